The Balaban J connectivity index is 1.85. The molecule has 134 valence electrons. The first-order chi connectivity index (χ1) is 11.6. The number of ether oxygens (including phenoxy) is 2. The molecule has 1 aromatic rings. The van der Waals surface area contributed by atoms with Gasteiger partial charge in [0, 0.05) is 25.2 Å². The van der Waals surface area contributed by atoms with Gasteiger partial charge in [0.25, 0.3) is 5.91 Å². The summed E-state index contributed by atoms with van der Waals surface area (Å²) in [6.45, 7) is 6.07. The van der Waals surface area contributed by atoms with E-state index in [1.165, 1.54) is 0 Å². The fourth-order valence-corrected chi connectivity index (χ4v) is 2.91. The fourth-order valence-electron chi connectivity index (χ4n) is 2.91. The minimum atomic E-state index is -0.261. The third kappa shape index (κ3) is 4.95. The summed E-state index contributed by atoms with van der Waals surface area (Å²) in [5.74, 6) is 1.00. The summed E-state index contributed by atoms with van der Waals surface area (Å²) in [4.78, 5) is 12.1. The molecule has 5 heteroatoms. The van der Waals surface area contributed by atoms with Crippen molar-refractivity contribution in [3.8, 4) is 5.75 Å². The maximum atomic E-state index is 12.1. The van der Waals surface area contributed by atoms with E-state index in [0.29, 0.717) is 25.7 Å². The zero-order chi connectivity index (χ0) is 17.4. The summed E-state index contributed by atoms with van der Waals surface area (Å²) in [6, 6.07) is 7.86. The molecule has 0 aliphatic carbocycles. The summed E-state index contributed by atoms with van der Waals surface area (Å²) < 4.78 is 11.1. The average molecular weight is 335 g/mol. The van der Waals surface area contributed by atoms with Crippen molar-refractivity contribution in [2.24, 2.45) is 5.41 Å². The molecule has 2 N–H and O–H groups in total. The van der Waals surface area contributed by atoms with Crippen LogP contribution in [0.3, 0.4) is 0 Å². The van der Waals surface area contributed by atoms with Crippen LogP contribution in [0.15, 0.2) is 24.3 Å². The standard InChI is InChI=1S/C19H29NO4/c1-3-15(2)16-6-4-5-7-17(16)24-12-18(22)20-13-19(14-21)8-10-23-11-9-19/h4-7,15,21H,3,8-14H2,1-2H3,(H,20,22)/t15-/m1/s1. The molecule has 1 heterocycles. The van der Waals surface area contributed by atoms with Gasteiger partial charge in [-0.05, 0) is 36.8 Å². The van der Waals surface area contributed by atoms with E-state index in [1.807, 2.05) is 24.3 Å². The van der Waals surface area contributed by atoms with E-state index in [2.05, 4.69) is 19.2 Å². The van der Waals surface area contributed by atoms with E-state index in [4.69, 9.17) is 9.47 Å². The van der Waals surface area contributed by atoms with Gasteiger partial charge in [-0.3, -0.25) is 4.79 Å². The molecule has 1 atom stereocenters. The maximum Gasteiger partial charge on any atom is 0.257 e. The fraction of sp³-hybridized carbons (Fsp3) is 0.632. The Kier molecular flexibility index (Phi) is 7.06. The average Bonchev–Trinajstić information content (AvgIpc) is 2.65. The van der Waals surface area contributed by atoms with E-state index in [1.54, 1.807) is 0 Å². The lowest BCUT2D eigenvalue weighted by atomic mass is 9.81. The minimum Gasteiger partial charge on any atom is -0.483 e. The van der Waals surface area contributed by atoms with Gasteiger partial charge in [0.1, 0.15) is 5.75 Å². The van der Waals surface area contributed by atoms with Gasteiger partial charge >= 0.3 is 0 Å². The highest BCUT2D eigenvalue weighted by Crippen LogP contribution is 2.29. The van der Waals surface area contributed by atoms with E-state index in [9.17, 15) is 9.90 Å². The number of para-hydroxylation sites is 1. The van der Waals surface area contributed by atoms with Gasteiger partial charge < -0.3 is 19.9 Å². The number of aliphatic hydroxyl groups is 1. The molecule has 0 spiro atoms. The Morgan fingerprint density at radius 3 is 2.75 bits per heavy atom. The highest BCUT2D eigenvalue weighted by atomic mass is 16.5. The van der Waals surface area contributed by atoms with Crippen LogP contribution < -0.4 is 10.1 Å². The van der Waals surface area contributed by atoms with Crippen LogP contribution in [0.1, 0.15) is 44.6 Å². The number of nitrogens with one attached hydrogen (secondary N) is 1. The molecule has 1 aromatic carbocycles. The molecule has 1 aliphatic rings. The number of hydrogen-bond donors (Lipinski definition) is 2. The summed E-state index contributed by atoms with van der Waals surface area (Å²) in [7, 11) is 0. The molecule has 1 aliphatic heterocycles. The SMILES string of the molecule is CC[C@@H](C)c1ccccc1OCC(=O)NCC1(CO)CCOCC1. The number of amides is 1. The molecule has 0 bridgehead atoms. The molecule has 2 rings (SSSR count). The lowest BCUT2D eigenvalue weighted by molar-refractivity contribution is -0.124. The van der Waals surface area contributed by atoms with Gasteiger partial charge in [-0.2, -0.15) is 0 Å². The van der Waals surface area contributed by atoms with Crippen LogP contribution in [0.4, 0.5) is 0 Å². The number of hydrogen-bond acceptors (Lipinski definition) is 4. The number of carbonyl (C=O) groups is 1. The van der Waals surface area contributed by atoms with Crippen LogP contribution in [-0.2, 0) is 9.53 Å². The predicted molar refractivity (Wildman–Crippen MR) is 93.2 cm³/mol. The number of benzene rings is 1. The van der Waals surface area contributed by atoms with Crippen molar-refractivity contribution in [3.05, 3.63) is 29.8 Å². The van der Waals surface area contributed by atoms with Gasteiger partial charge in [0.2, 0.25) is 0 Å². The van der Waals surface area contributed by atoms with Gasteiger partial charge in [-0.25, -0.2) is 0 Å². The largest absolute Gasteiger partial charge is 0.483 e. The van der Waals surface area contributed by atoms with Crippen molar-refractivity contribution in [1.29, 1.82) is 0 Å². The zero-order valence-electron chi connectivity index (χ0n) is 14.7. The van der Waals surface area contributed by atoms with Crippen molar-refractivity contribution >= 4 is 5.91 Å². The second-order valence-electron chi connectivity index (χ2n) is 6.68. The molecule has 0 radical (unpaired) electrons. The summed E-state index contributed by atoms with van der Waals surface area (Å²) in [6.07, 6.45) is 2.55. The molecule has 5 nitrogen and oxygen atoms in total. The maximum absolute atomic E-state index is 12.1. The van der Waals surface area contributed by atoms with Gasteiger partial charge in [-0.15, -0.1) is 0 Å². The van der Waals surface area contributed by atoms with Crippen LogP contribution >= 0.6 is 0 Å². The van der Waals surface area contributed by atoms with Gasteiger partial charge in [0.05, 0.1) is 6.61 Å². The first kappa shape index (κ1) is 18.7. The first-order valence-corrected chi connectivity index (χ1v) is 8.77. The molecule has 1 fully saturated rings. The molecule has 0 unspecified atom stereocenters. The Bertz CT molecular complexity index is 526. The Hall–Kier alpha value is -1.59. The minimum absolute atomic E-state index is 0.00848. The molecule has 24 heavy (non-hydrogen) atoms. The van der Waals surface area contributed by atoms with Crippen molar-refractivity contribution in [2.45, 2.75) is 39.0 Å². The topological polar surface area (TPSA) is 67.8 Å². The number of carbonyl (C=O) groups excluding carboxylic acids is 1. The zero-order valence-corrected chi connectivity index (χ0v) is 14.7. The van der Waals surface area contributed by atoms with Crippen molar-refractivity contribution < 1.29 is 19.4 Å². The van der Waals surface area contributed by atoms with Crippen molar-refractivity contribution in [2.75, 3.05) is 33.0 Å². The van der Waals surface area contributed by atoms with Gasteiger partial charge in [0.15, 0.2) is 6.61 Å². The Morgan fingerprint density at radius 2 is 2.08 bits per heavy atom. The lowest BCUT2D eigenvalue weighted by Gasteiger charge is -2.35. The molecular weight excluding hydrogens is 306 g/mol. The van der Waals surface area contributed by atoms with E-state index < -0.39 is 0 Å². The molecule has 1 saturated heterocycles. The van der Waals surface area contributed by atoms with Crippen LogP contribution in [0.2, 0.25) is 0 Å². The summed E-state index contributed by atoms with van der Waals surface area (Å²) in [5.41, 5.74) is 0.867. The quantitative estimate of drug-likeness (QED) is 0.766. The highest BCUT2D eigenvalue weighted by molar-refractivity contribution is 5.77. The molecular formula is C19H29NO4. The second-order valence-corrected chi connectivity index (χ2v) is 6.68. The number of aliphatic hydroxyl groups excluding tert-OH is 1. The molecule has 1 amide bonds. The van der Waals surface area contributed by atoms with Crippen molar-refractivity contribution in [1.82, 2.24) is 5.32 Å². The van der Waals surface area contributed by atoms with E-state index in [0.717, 1.165) is 30.6 Å². The van der Waals surface area contributed by atoms with Crippen LogP contribution in [0.5, 0.6) is 5.75 Å². The summed E-state index contributed by atoms with van der Waals surface area (Å²) >= 11 is 0. The molecule has 0 saturated carbocycles. The van der Waals surface area contributed by atoms with Crippen LogP contribution in [-0.4, -0.2) is 44.0 Å². The van der Waals surface area contributed by atoms with Crippen LogP contribution in [0, 0.1) is 5.41 Å². The normalized spacial score (nSPS) is 18.0. The van der Waals surface area contributed by atoms with E-state index >= 15 is 0 Å². The summed E-state index contributed by atoms with van der Waals surface area (Å²) in [5, 5.41) is 12.5. The predicted octanol–water partition coefficient (Wildman–Crippen LogP) is 2.48. The second kappa shape index (κ2) is 9.04. The van der Waals surface area contributed by atoms with Crippen LogP contribution in [0.25, 0.3) is 0 Å². The number of rotatable bonds is 8. The monoisotopic (exact) mass is 335 g/mol. The lowest BCUT2D eigenvalue weighted by Crippen LogP contribution is -2.44. The third-order valence-corrected chi connectivity index (χ3v) is 4.97. The van der Waals surface area contributed by atoms with Crippen molar-refractivity contribution in [3.63, 3.8) is 0 Å². The van der Waals surface area contributed by atoms with Gasteiger partial charge in [-0.1, -0.05) is 32.0 Å². The van der Waals surface area contributed by atoms with E-state index in [-0.39, 0.29) is 24.5 Å². The Morgan fingerprint density at radius 1 is 1.38 bits per heavy atom. The molecule has 0 aromatic heterocycles. The third-order valence-electron chi connectivity index (χ3n) is 4.97. The smallest absolute Gasteiger partial charge is 0.257 e. The highest BCUT2D eigenvalue weighted by Gasteiger charge is 2.32. The first-order valence-electron chi connectivity index (χ1n) is 8.77. The Labute approximate surface area is 144 Å².